The number of alkyl halides is 1. The van der Waals surface area contributed by atoms with Crippen molar-refractivity contribution in [2.45, 2.75) is 0 Å². The molecule has 0 fully saturated rings. The molecule has 2 aromatic rings. The second kappa shape index (κ2) is 8.08. The average Bonchev–Trinajstić information content (AvgIpc) is 2.58. The minimum Gasteiger partial charge on any atom is -0.497 e. The highest BCUT2D eigenvalue weighted by Gasteiger charge is 1.99. The first kappa shape index (κ1) is 15.9. The zero-order chi connectivity index (χ0) is 15.8. The van der Waals surface area contributed by atoms with E-state index in [4.69, 9.17) is 14.2 Å². The molecule has 0 saturated carbocycles. The second-order valence-electron chi connectivity index (χ2n) is 4.59. The minimum atomic E-state index is -0.487. The van der Waals surface area contributed by atoms with Crippen molar-refractivity contribution < 1.29 is 18.6 Å². The fourth-order valence-electron chi connectivity index (χ4n) is 1.95. The van der Waals surface area contributed by atoms with Gasteiger partial charge in [-0.3, -0.25) is 0 Å². The molecule has 0 atom stereocenters. The summed E-state index contributed by atoms with van der Waals surface area (Å²) in [5, 5.41) is 0. The molecule has 0 aromatic heterocycles. The number of hydrogen-bond donors (Lipinski definition) is 0. The maximum atomic E-state index is 12.0. The van der Waals surface area contributed by atoms with E-state index in [0.29, 0.717) is 5.75 Å². The van der Waals surface area contributed by atoms with Gasteiger partial charge in [0.1, 0.15) is 30.5 Å². The summed E-state index contributed by atoms with van der Waals surface area (Å²) in [6.45, 7) is -0.405. The van der Waals surface area contributed by atoms with Gasteiger partial charge in [0, 0.05) is 6.07 Å². The molecule has 0 radical (unpaired) electrons. The number of rotatable bonds is 7. The molecule has 0 spiro atoms. The van der Waals surface area contributed by atoms with E-state index >= 15 is 0 Å². The van der Waals surface area contributed by atoms with E-state index in [1.54, 1.807) is 14.2 Å². The van der Waals surface area contributed by atoms with Crippen LogP contribution in [0, 0.1) is 0 Å². The summed E-state index contributed by atoms with van der Waals surface area (Å²) < 4.78 is 27.7. The van der Waals surface area contributed by atoms with Gasteiger partial charge in [0.15, 0.2) is 0 Å². The van der Waals surface area contributed by atoms with Gasteiger partial charge in [-0.2, -0.15) is 0 Å². The predicted octanol–water partition coefficient (Wildman–Crippen LogP) is 4.22. The Kier molecular flexibility index (Phi) is 5.83. The first-order valence-corrected chi connectivity index (χ1v) is 6.95. The molecule has 0 bridgehead atoms. The lowest BCUT2D eigenvalue weighted by Crippen LogP contribution is -1.98. The summed E-state index contributed by atoms with van der Waals surface area (Å²) in [5.74, 6) is 2.15. The number of halogens is 1. The van der Waals surface area contributed by atoms with E-state index in [1.165, 1.54) is 0 Å². The van der Waals surface area contributed by atoms with Crippen LogP contribution in [0.1, 0.15) is 11.1 Å². The standard InChI is InChI=1S/C18H19FO3/c1-20-17-11-15(12-18(13-17)21-2)4-3-14-5-7-16(8-6-14)22-10-9-19/h3-8,11-13H,9-10H2,1-2H3/b4-3+. The molecule has 0 amide bonds. The van der Waals surface area contributed by atoms with Crippen molar-refractivity contribution in [1.29, 1.82) is 0 Å². The van der Waals surface area contributed by atoms with Crippen molar-refractivity contribution in [1.82, 2.24) is 0 Å². The summed E-state index contributed by atoms with van der Waals surface area (Å²) in [6, 6.07) is 13.2. The molecule has 22 heavy (non-hydrogen) atoms. The van der Waals surface area contributed by atoms with Crippen LogP contribution in [0.3, 0.4) is 0 Å². The molecule has 0 aliphatic rings. The van der Waals surface area contributed by atoms with Crippen LogP contribution >= 0.6 is 0 Å². The normalized spacial score (nSPS) is 10.7. The predicted molar refractivity (Wildman–Crippen MR) is 86.4 cm³/mol. The molecule has 0 aliphatic heterocycles. The minimum absolute atomic E-state index is 0.0821. The number of methoxy groups -OCH3 is 2. The summed E-state index contributed by atoms with van der Waals surface area (Å²) in [4.78, 5) is 0. The van der Waals surface area contributed by atoms with Crippen LogP contribution in [-0.4, -0.2) is 27.5 Å². The molecule has 0 unspecified atom stereocenters. The van der Waals surface area contributed by atoms with Gasteiger partial charge in [-0.1, -0.05) is 24.3 Å². The molecule has 0 N–H and O–H groups in total. The first-order valence-electron chi connectivity index (χ1n) is 6.95. The average molecular weight is 302 g/mol. The van der Waals surface area contributed by atoms with E-state index in [0.717, 1.165) is 22.6 Å². The maximum Gasteiger partial charge on any atom is 0.123 e. The Morgan fingerprint density at radius 1 is 0.818 bits per heavy atom. The highest BCUT2D eigenvalue weighted by molar-refractivity contribution is 5.71. The van der Waals surface area contributed by atoms with Crippen LogP contribution in [0.5, 0.6) is 17.2 Å². The highest BCUT2D eigenvalue weighted by atomic mass is 19.1. The van der Waals surface area contributed by atoms with Crippen LogP contribution in [-0.2, 0) is 0 Å². The molecule has 0 heterocycles. The quantitative estimate of drug-likeness (QED) is 0.717. The molecule has 0 aliphatic carbocycles. The summed E-state index contributed by atoms with van der Waals surface area (Å²) >= 11 is 0. The van der Waals surface area contributed by atoms with Crippen LogP contribution in [0.25, 0.3) is 12.2 Å². The third kappa shape index (κ3) is 4.52. The van der Waals surface area contributed by atoms with Gasteiger partial charge >= 0.3 is 0 Å². The van der Waals surface area contributed by atoms with Gasteiger partial charge < -0.3 is 14.2 Å². The third-order valence-corrected chi connectivity index (χ3v) is 3.07. The smallest absolute Gasteiger partial charge is 0.123 e. The largest absolute Gasteiger partial charge is 0.497 e. The summed E-state index contributed by atoms with van der Waals surface area (Å²) in [7, 11) is 3.25. The van der Waals surface area contributed by atoms with E-state index in [1.807, 2.05) is 54.6 Å². The van der Waals surface area contributed by atoms with Crippen molar-refractivity contribution in [3.05, 3.63) is 53.6 Å². The van der Waals surface area contributed by atoms with Crippen molar-refractivity contribution in [3.63, 3.8) is 0 Å². The SMILES string of the molecule is COc1cc(/C=C/c2ccc(OCCF)cc2)cc(OC)c1. The molecule has 116 valence electrons. The molecule has 2 aromatic carbocycles. The van der Waals surface area contributed by atoms with Crippen LogP contribution < -0.4 is 14.2 Å². The van der Waals surface area contributed by atoms with E-state index < -0.39 is 6.67 Å². The van der Waals surface area contributed by atoms with Gasteiger partial charge in [-0.25, -0.2) is 4.39 Å². The highest BCUT2D eigenvalue weighted by Crippen LogP contribution is 2.24. The fraction of sp³-hybridized carbons (Fsp3) is 0.222. The van der Waals surface area contributed by atoms with Gasteiger partial charge in [-0.15, -0.1) is 0 Å². The second-order valence-corrected chi connectivity index (χ2v) is 4.59. The topological polar surface area (TPSA) is 27.7 Å². The van der Waals surface area contributed by atoms with Crippen molar-refractivity contribution in [2.75, 3.05) is 27.5 Å². The Labute approximate surface area is 129 Å². The van der Waals surface area contributed by atoms with Gasteiger partial charge in [0.05, 0.1) is 14.2 Å². The Hall–Kier alpha value is -2.49. The van der Waals surface area contributed by atoms with E-state index in [-0.39, 0.29) is 6.61 Å². The molecule has 2 rings (SSSR count). The van der Waals surface area contributed by atoms with Gasteiger partial charge in [0.2, 0.25) is 0 Å². The van der Waals surface area contributed by atoms with E-state index in [2.05, 4.69) is 0 Å². The molecule has 4 heteroatoms. The Morgan fingerprint density at radius 2 is 1.41 bits per heavy atom. The Morgan fingerprint density at radius 3 is 1.95 bits per heavy atom. The summed E-state index contributed by atoms with van der Waals surface area (Å²) in [5.41, 5.74) is 2.00. The molecule has 3 nitrogen and oxygen atoms in total. The summed E-state index contributed by atoms with van der Waals surface area (Å²) in [6.07, 6.45) is 3.95. The van der Waals surface area contributed by atoms with Crippen LogP contribution in [0.2, 0.25) is 0 Å². The zero-order valence-electron chi connectivity index (χ0n) is 12.7. The lowest BCUT2D eigenvalue weighted by molar-refractivity contribution is 0.273. The number of ether oxygens (including phenoxy) is 3. The van der Waals surface area contributed by atoms with E-state index in [9.17, 15) is 4.39 Å². The maximum absolute atomic E-state index is 12.0. The van der Waals surface area contributed by atoms with Gasteiger partial charge in [-0.05, 0) is 35.4 Å². The monoisotopic (exact) mass is 302 g/mol. The Balaban J connectivity index is 2.10. The molecule has 0 saturated heterocycles. The fourth-order valence-corrected chi connectivity index (χ4v) is 1.95. The van der Waals surface area contributed by atoms with Crippen molar-refractivity contribution in [3.8, 4) is 17.2 Å². The lowest BCUT2D eigenvalue weighted by atomic mass is 10.1. The molecular weight excluding hydrogens is 283 g/mol. The third-order valence-electron chi connectivity index (χ3n) is 3.07. The lowest BCUT2D eigenvalue weighted by Gasteiger charge is -2.06. The first-order chi connectivity index (χ1) is 10.7. The van der Waals surface area contributed by atoms with Crippen molar-refractivity contribution in [2.24, 2.45) is 0 Å². The van der Waals surface area contributed by atoms with Crippen molar-refractivity contribution >= 4 is 12.2 Å². The number of hydrogen-bond acceptors (Lipinski definition) is 3. The number of benzene rings is 2. The van der Waals surface area contributed by atoms with Crippen LogP contribution in [0.4, 0.5) is 4.39 Å². The van der Waals surface area contributed by atoms with Crippen LogP contribution in [0.15, 0.2) is 42.5 Å². The van der Waals surface area contributed by atoms with Gasteiger partial charge in [0.25, 0.3) is 0 Å². The Bertz CT molecular complexity index is 598. The molecular formula is C18H19FO3. The zero-order valence-corrected chi connectivity index (χ0v) is 12.7.